The van der Waals surface area contributed by atoms with Crippen LogP contribution >= 0.6 is 0 Å². The Morgan fingerprint density at radius 2 is 1.91 bits per heavy atom. The van der Waals surface area contributed by atoms with E-state index in [9.17, 15) is 0 Å². The molecule has 0 N–H and O–H groups in total. The van der Waals surface area contributed by atoms with Crippen molar-refractivity contribution >= 4 is 11.1 Å². The van der Waals surface area contributed by atoms with Gasteiger partial charge in [0.1, 0.15) is 11.3 Å². The molecule has 0 saturated carbocycles. The number of benzene rings is 1. The number of alkyl halides is 2. The number of ether oxygens (including phenoxy) is 2. The summed E-state index contributed by atoms with van der Waals surface area (Å²) in [6, 6.07) is 13.3. The van der Waals surface area contributed by atoms with Crippen molar-refractivity contribution in [2.45, 2.75) is 6.61 Å². The van der Waals surface area contributed by atoms with Crippen molar-refractivity contribution in [3.63, 3.8) is 0 Å². The predicted octanol–water partition coefficient (Wildman–Crippen LogP) is 0.647. The Labute approximate surface area is 197 Å². The maximum absolute atomic E-state index is 5.91. The minimum Gasteiger partial charge on any atom is -0.436 e. The molecule has 32 heavy (non-hydrogen) atoms. The number of fused-ring (bicyclic) bond motifs is 1. The van der Waals surface area contributed by atoms with E-state index in [1.807, 2.05) is 42.5 Å². The number of rotatable bonds is 8. The van der Waals surface area contributed by atoms with Gasteiger partial charge in [0.2, 0.25) is 5.89 Å². The molecule has 7 nitrogen and oxygen atoms in total. The monoisotopic (exact) mass is 543 g/mol. The molecule has 0 unspecified atom stereocenters. The quantitative estimate of drug-likeness (QED) is 0.239. The minimum absolute atomic E-state index is 0.371. The van der Waals surface area contributed by atoms with Gasteiger partial charge in [-0.2, -0.15) is 0 Å². The van der Waals surface area contributed by atoms with Gasteiger partial charge in [0, 0.05) is 18.5 Å². The fourth-order valence-electron chi connectivity index (χ4n) is 3.43. The van der Waals surface area contributed by atoms with Crippen LogP contribution in [0.3, 0.4) is 0 Å². The summed E-state index contributed by atoms with van der Waals surface area (Å²) in [6.45, 7) is 4.53. The first-order chi connectivity index (χ1) is 15.8. The number of aromatic nitrogens is 3. The zero-order valence-electron chi connectivity index (χ0n) is 17.6. The molecule has 4 heterocycles. The number of hydrogen-bond donors (Lipinski definition) is 0. The van der Waals surface area contributed by atoms with Crippen LogP contribution in [0.25, 0.3) is 22.6 Å². The van der Waals surface area contributed by atoms with Gasteiger partial charge in [-0.15, -0.1) is 0 Å². The Bertz CT molecular complexity index is 1150. The fourth-order valence-corrected chi connectivity index (χ4v) is 6.02. The van der Waals surface area contributed by atoms with Gasteiger partial charge < -0.3 is 4.42 Å². The van der Waals surface area contributed by atoms with E-state index < -0.39 is 0 Å². The number of oxazole rings is 1. The Hall–Kier alpha value is -2.72. The molecule has 0 atom stereocenters. The molecule has 1 fully saturated rings. The molecule has 0 spiro atoms. The van der Waals surface area contributed by atoms with Crippen molar-refractivity contribution in [2.75, 3.05) is 35.1 Å². The SMILES string of the molecule is c1cncc(-c2nc3cc(OCc4ccc(OCCN5CC[I-]CC5)cn4)ccc3o2)c1. The maximum Gasteiger partial charge on any atom is 0.155 e. The minimum atomic E-state index is 0.371. The average molecular weight is 543 g/mol. The standard InChI is InChI=1S/C24H24IN4O3/c1-2-18(15-26-9-1)24-28-22-14-20(5-6-23(22)32-24)31-17-19-3-4-21(16-27-19)30-13-12-29-10-7-25-8-11-29/h1-6,9,14-16H,7-8,10-13,17H2/q-1. The summed E-state index contributed by atoms with van der Waals surface area (Å²) in [5.74, 6) is 2.06. The first kappa shape index (κ1) is 21.1. The van der Waals surface area contributed by atoms with Crippen LogP contribution < -0.4 is 30.7 Å². The van der Waals surface area contributed by atoms with Crippen LogP contribution in [0.1, 0.15) is 5.69 Å². The van der Waals surface area contributed by atoms with E-state index in [0.717, 1.165) is 34.8 Å². The molecule has 0 bridgehead atoms. The van der Waals surface area contributed by atoms with Gasteiger partial charge in [-0.05, 0) is 24.3 Å². The molecule has 0 radical (unpaired) electrons. The summed E-state index contributed by atoms with van der Waals surface area (Å²) in [4.78, 5) is 15.6. The third-order valence-corrected chi connectivity index (χ3v) is 7.69. The normalized spacial score (nSPS) is 14.8. The van der Waals surface area contributed by atoms with Crippen LogP contribution in [-0.2, 0) is 6.61 Å². The summed E-state index contributed by atoms with van der Waals surface area (Å²) >= 11 is 0.469. The zero-order valence-corrected chi connectivity index (χ0v) is 19.8. The zero-order chi connectivity index (χ0) is 21.6. The molecule has 1 aromatic carbocycles. The largest absolute Gasteiger partial charge is 0.436 e. The van der Waals surface area contributed by atoms with Gasteiger partial charge in [-0.25, -0.2) is 4.98 Å². The van der Waals surface area contributed by atoms with Crippen molar-refractivity contribution in [1.82, 2.24) is 19.9 Å². The van der Waals surface area contributed by atoms with Gasteiger partial charge in [0.25, 0.3) is 0 Å². The molecule has 4 aromatic rings. The van der Waals surface area contributed by atoms with E-state index in [1.54, 1.807) is 18.6 Å². The Morgan fingerprint density at radius 1 is 1.00 bits per heavy atom. The van der Waals surface area contributed by atoms with Crippen LogP contribution in [0.2, 0.25) is 0 Å². The number of halogens is 1. The van der Waals surface area contributed by atoms with E-state index in [0.29, 0.717) is 45.9 Å². The van der Waals surface area contributed by atoms with Crippen LogP contribution in [0.4, 0.5) is 0 Å². The summed E-state index contributed by atoms with van der Waals surface area (Å²) < 4.78 is 20.4. The number of hydrogen-bond acceptors (Lipinski definition) is 7. The van der Waals surface area contributed by atoms with E-state index >= 15 is 0 Å². The molecule has 5 rings (SSSR count). The fraction of sp³-hybridized carbons (Fsp3) is 0.292. The van der Waals surface area contributed by atoms with E-state index in [1.165, 1.54) is 21.9 Å². The average Bonchev–Trinajstić information content (AvgIpc) is 3.28. The van der Waals surface area contributed by atoms with E-state index in [4.69, 9.17) is 13.9 Å². The molecular weight excluding hydrogens is 519 g/mol. The van der Waals surface area contributed by atoms with Crippen molar-refractivity contribution in [2.24, 2.45) is 0 Å². The molecular formula is C24H24IN4O3-. The van der Waals surface area contributed by atoms with Crippen molar-refractivity contribution in [1.29, 1.82) is 0 Å². The van der Waals surface area contributed by atoms with Crippen LogP contribution in [0, 0.1) is 0 Å². The first-order valence-corrected chi connectivity index (χ1v) is 13.7. The summed E-state index contributed by atoms with van der Waals surface area (Å²) in [6.07, 6.45) is 5.22. The van der Waals surface area contributed by atoms with E-state index in [-0.39, 0.29) is 0 Å². The van der Waals surface area contributed by atoms with Crippen LogP contribution in [-0.4, -0.2) is 54.9 Å². The van der Waals surface area contributed by atoms with Gasteiger partial charge in [-0.3, -0.25) is 4.98 Å². The smallest absolute Gasteiger partial charge is 0.155 e. The Morgan fingerprint density at radius 3 is 2.72 bits per heavy atom. The number of pyridine rings is 2. The Balaban J connectivity index is 1.14. The summed E-state index contributed by atoms with van der Waals surface area (Å²) in [5, 5.41) is 0. The second-order valence-corrected chi connectivity index (χ2v) is 10.7. The van der Waals surface area contributed by atoms with Crippen LogP contribution in [0.5, 0.6) is 11.5 Å². The molecule has 0 amide bonds. The van der Waals surface area contributed by atoms with Gasteiger partial charge in [0.05, 0.1) is 5.56 Å². The second-order valence-electron chi connectivity index (χ2n) is 7.42. The first-order valence-electron chi connectivity index (χ1n) is 10.6. The van der Waals surface area contributed by atoms with Gasteiger partial charge in [0.15, 0.2) is 5.58 Å². The Kier molecular flexibility index (Phi) is 6.78. The molecule has 1 aliphatic rings. The molecule has 0 aliphatic carbocycles. The molecule has 1 aliphatic heterocycles. The maximum atomic E-state index is 5.91. The van der Waals surface area contributed by atoms with Gasteiger partial charge in [-0.1, -0.05) is 0 Å². The van der Waals surface area contributed by atoms with Crippen molar-refractivity contribution in [3.05, 3.63) is 66.7 Å². The third-order valence-electron chi connectivity index (χ3n) is 5.20. The molecule has 1 saturated heterocycles. The summed E-state index contributed by atoms with van der Waals surface area (Å²) in [5.41, 5.74) is 3.14. The summed E-state index contributed by atoms with van der Waals surface area (Å²) in [7, 11) is 0. The van der Waals surface area contributed by atoms with E-state index in [2.05, 4.69) is 19.9 Å². The predicted molar refractivity (Wildman–Crippen MR) is 117 cm³/mol. The molecule has 3 aromatic heterocycles. The van der Waals surface area contributed by atoms with Crippen LogP contribution in [0.15, 0.2) is 65.5 Å². The third kappa shape index (κ3) is 5.36. The van der Waals surface area contributed by atoms with Crippen molar-refractivity contribution in [3.8, 4) is 23.0 Å². The molecule has 8 heteroatoms. The van der Waals surface area contributed by atoms with Crippen molar-refractivity contribution < 1.29 is 35.1 Å². The molecule has 166 valence electrons. The number of nitrogens with zero attached hydrogens (tertiary/aromatic N) is 4. The topological polar surface area (TPSA) is 73.5 Å². The second kappa shape index (κ2) is 10.3. The van der Waals surface area contributed by atoms with Gasteiger partial charge >= 0.3 is 112 Å².